The molecule has 0 amide bonds. The highest BCUT2D eigenvalue weighted by Gasteiger charge is 2.35. The van der Waals surface area contributed by atoms with E-state index in [0.29, 0.717) is 0 Å². The number of nitrogens with zero attached hydrogens (tertiary/aromatic N) is 2. The summed E-state index contributed by atoms with van der Waals surface area (Å²) >= 11 is 0. The Bertz CT molecular complexity index is 2930. The van der Waals surface area contributed by atoms with Crippen molar-refractivity contribution in [2.75, 3.05) is 4.90 Å². The number of anilines is 3. The van der Waals surface area contributed by atoms with Crippen LogP contribution in [0.1, 0.15) is 51.3 Å². The van der Waals surface area contributed by atoms with Crippen molar-refractivity contribution in [1.29, 1.82) is 0 Å². The zero-order valence-electron chi connectivity index (χ0n) is 34.0. The summed E-state index contributed by atoms with van der Waals surface area (Å²) in [5.74, 6) is 0. The molecule has 1 aromatic heterocycles. The van der Waals surface area contributed by atoms with Gasteiger partial charge in [0.05, 0.1) is 11.0 Å². The van der Waals surface area contributed by atoms with E-state index in [4.69, 9.17) is 0 Å². The SMILES string of the molecule is C=CC1=C(C)c2cc3c4ccccc4n(/C(C)=C/C=C(\C)c4cccc(-c5cccc(N(c6ccccc6)c6ccc(-c7ccccc7)cc6)c5)c4)c3cc2C1(C)C. The van der Waals surface area contributed by atoms with Crippen molar-refractivity contribution in [1.82, 2.24) is 4.57 Å². The fraction of sp³-hybridized carbons (Fsp3) is 0.107. The number of fused-ring (bicyclic) bond motifs is 4. The number of rotatable bonds is 9. The van der Waals surface area contributed by atoms with Crippen LogP contribution in [-0.4, -0.2) is 4.57 Å². The van der Waals surface area contributed by atoms with Crippen LogP contribution >= 0.6 is 0 Å². The summed E-state index contributed by atoms with van der Waals surface area (Å²) in [5, 5.41) is 2.56. The number of para-hydroxylation sites is 2. The molecule has 0 bridgehead atoms. The third-order valence-electron chi connectivity index (χ3n) is 12.1. The number of allylic oxidation sites excluding steroid dienone is 7. The highest BCUT2D eigenvalue weighted by atomic mass is 15.1. The lowest BCUT2D eigenvalue weighted by molar-refractivity contribution is 0.655. The average molecular weight is 749 g/mol. The van der Waals surface area contributed by atoms with E-state index in [0.717, 1.165) is 17.1 Å². The van der Waals surface area contributed by atoms with Gasteiger partial charge in [-0.2, -0.15) is 0 Å². The maximum absolute atomic E-state index is 4.18. The van der Waals surface area contributed by atoms with Gasteiger partial charge in [0.2, 0.25) is 0 Å². The molecular formula is C56H48N2. The Morgan fingerprint density at radius 1 is 0.552 bits per heavy atom. The first-order valence-corrected chi connectivity index (χ1v) is 20.2. The van der Waals surface area contributed by atoms with E-state index in [1.54, 1.807) is 0 Å². The minimum absolute atomic E-state index is 0.0940. The van der Waals surface area contributed by atoms with E-state index in [1.807, 2.05) is 6.08 Å². The van der Waals surface area contributed by atoms with Crippen LogP contribution in [0.2, 0.25) is 0 Å². The lowest BCUT2D eigenvalue weighted by Crippen LogP contribution is -2.16. The lowest BCUT2D eigenvalue weighted by atomic mass is 9.81. The standard InChI is InChI=1S/C56H48N2/c1-7-52-40(4)50-36-51-49-26-14-15-27-54(49)57(55(51)37-53(50)56(52,5)6)39(3)29-28-38(2)43-20-16-21-44(34-43)45-22-17-25-48(35-45)58(46-23-12-9-13-24-46)47-32-30-42(31-33-47)41-18-10-8-11-19-41/h7-37H,1H2,2-6H3/b38-28+,39-29+. The van der Waals surface area contributed by atoms with E-state index < -0.39 is 0 Å². The second-order valence-corrected chi connectivity index (χ2v) is 16.0. The van der Waals surface area contributed by atoms with Crippen LogP contribution in [0.3, 0.4) is 0 Å². The molecule has 8 aromatic rings. The Morgan fingerprint density at radius 3 is 1.90 bits per heavy atom. The molecule has 1 heterocycles. The number of hydrogen-bond donors (Lipinski definition) is 0. The topological polar surface area (TPSA) is 8.17 Å². The van der Waals surface area contributed by atoms with Crippen molar-refractivity contribution in [3.05, 3.63) is 217 Å². The molecule has 0 aliphatic heterocycles. The van der Waals surface area contributed by atoms with Gasteiger partial charge in [0.15, 0.2) is 0 Å². The van der Waals surface area contributed by atoms with Crippen LogP contribution in [0.15, 0.2) is 200 Å². The molecule has 0 N–H and O–H groups in total. The van der Waals surface area contributed by atoms with Gasteiger partial charge in [0.25, 0.3) is 0 Å². The van der Waals surface area contributed by atoms with Crippen LogP contribution in [0.5, 0.6) is 0 Å². The zero-order valence-corrected chi connectivity index (χ0v) is 34.0. The first kappa shape index (κ1) is 36.7. The maximum Gasteiger partial charge on any atom is 0.0541 e. The molecule has 0 radical (unpaired) electrons. The minimum atomic E-state index is -0.0940. The predicted molar refractivity (Wildman–Crippen MR) is 251 cm³/mol. The molecule has 0 spiro atoms. The summed E-state index contributed by atoms with van der Waals surface area (Å²) in [6.45, 7) is 15.5. The van der Waals surface area contributed by atoms with Gasteiger partial charge in [-0.05, 0) is 143 Å². The van der Waals surface area contributed by atoms with Crippen molar-refractivity contribution in [2.24, 2.45) is 0 Å². The van der Waals surface area contributed by atoms with Crippen LogP contribution in [0.4, 0.5) is 17.1 Å². The number of aromatic nitrogens is 1. The number of hydrogen-bond acceptors (Lipinski definition) is 1. The highest BCUT2D eigenvalue weighted by molar-refractivity contribution is 6.11. The fourth-order valence-electron chi connectivity index (χ4n) is 9.03. The second-order valence-electron chi connectivity index (χ2n) is 16.0. The lowest BCUT2D eigenvalue weighted by Gasteiger charge is -2.26. The molecule has 0 atom stereocenters. The van der Waals surface area contributed by atoms with Crippen molar-refractivity contribution < 1.29 is 0 Å². The molecule has 0 fully saturated rings. The number of benzene rings is 7. The molecule has 0 saturated heterocycles. The summed E-state index contributed by atoms with van der Waals surface area (Å²) in [4.78, 5) is 2.33. The first-order chi connectivity index (χ1) is 28.2. The third kappa shape index (κ3) is 6.41. The van der Waals surface area contributed by atoms with Crippen molar-refractivity contribution in [3.63, 3.8) is 0 Å². The molecule has 0 saturated carbocycles. The Kier molecular flexibility index (Phi) is 9.42. The van der Waals surface area contributed by atoms with E-state index in [-0.39, 0.29) is 5.41 Å². The molecule has 9 rings (SSSR count). The Labute approximate surface area is 343 Å². The Balaban J connectivity index is 1.05. The van der Waals surface area contributed by atoms with Crippen molar-refractivity contribution >= 4 is 55.7 Å². The van der Waals surface area contributed by atoms with Gasteiger partial charge in [0.1, 0.15) is 0 Å². The second kappa shape index (κ2) is 14.9. The van der Waals surface area contributed by atoms with Gasteiger partial charge in [-0.25, -0.2) is 0 Å². The van der Waals surface area contributed by atoms with Crippen LogP contribution in [0.25, 0.3) is 60.9 Å². The predicted octanol–water partition coefficient (Wildman–Crippen LogP) is 15.8. The van der Waals surface area contributed by atoms with Crippen LogP contribution < -0.4 is 4.90 Å². The molecule has 7 aromatic carbocycles. The summed E-state index contributed by atoms with van der Waals surface area (Å²) in [6.07, 6.45) is 6.58. The molecule has 58 heavy (non-hydrogen) atoms. The molecule has 0 unspecified atom stereocenters. The van der Waals surface area contributed by atoms with E-state index in [2.05, 4.69) is 233 Å². The third-order valence-corrected chi connectivity index (χ3v) is 12.1. The normalized spacial score (nSPS) is 13.9. The summed E-state index contributed by atoms with van der Waals surface area (Å²) in [7, 11) is 0. The molecule has 1 aliphatic carbocycles. The highest BCUT2D eigenvalue weighted by Crippen LogP contribution is 2.49. The van der Waals surface area contributed by atoms with Gasteiger partial charge >= 0.3 is 0 Å². The maximum atomic E-state index is 4.18. The van der Waals surface area contributed by atoms with Gasteiger partial charge in [-0.15, -0.1) is 0 Å². The summed E-state index contributed by atoms with van der Waals surface area (Å²) in [5.41, 5.74) is 19.4. The largest absolute Gasteiger partial charge is 0.313 e. The van der Waals surface area contributed by atoms with E-state index in [1.165, 1.54) is 83.2 Å². The Hall–Kier alpha value is -6.90. The first-order valence-electron chi connectivity index (χ1n) is 20.2. The van der Waals surface area contributed by atoms with Gasteiger partial charge in [0, 0.05) is 38.9 Å². The monoisotopic (exact) mass is 748 g/mol. The van der Waals surface area contributed by atoms with Gasteiger partial charge in [-0.1, -0.05) is 142 Å². The molecule has 282 valence electrons. The van der Waals surface area contributed by atoms with Gasteiger partial charge in [-0.3, -0.25) is 0 Å². The Morgan fingerprint density at radius 2 is 1.16 bits per heavy atom. The summed E-state index contributed by atoms with van der Waals surface area (Å²) < 4.78 is 2.43. The summed E-state index contributed by atoms with van der Waals surface area (Å²) in [6, 6.07) is 61.4. The smallest absolute Gasteiger partial charge is 0.0541 e. The van der Waals surface area contributed by atoms with E-state index in [9.17, 15) is 0 Å². The molecular weight excluding hydrogens is 701 g/mol. The quantitative estimate of drug-likeness (QED) is 0.133. The fourth-order valence-corrected chi connectivity index (χ4v) is 9.03. The van der Waals surface area contributed by atoms with Crippen LogP contribution in [0, 0.1) is 0 Å². The van der Waals surface area contributed by atoms with Gasteiger partial charge < -0.3 is 9.47 Å². The minimum Gasteiger partial charge on any atom is -0.313 e. The van der Waals surface area contributed by atoms with Crippen molar-refractivity contribution in [3.8, 4) is 22.3 Å². The molecule has 2 heteroatoms. The van der Waals surface area contributed by atoms with Crippen LogP contribution in [-0.2, 0) is 5.41 Å². The van der Waals surface area contributed by atoms with E-state index >= 15 is 0 Å². The average Bonchev–Trinajstić information content (AvgIpc) is 3.69. The molecule has 1 aliphatic rings. The van der Waals surface area contributed by atoms with Crippen molar-refractivity contribution in [2.45, 2.75) is 40.0 Å². The zero-order chi connectivity index (χ0) is 40.0. The molecule has 2 nitrogen and oxygen atoms in total.